The Morgan fingerprint density at radius 3 is 1.81 bits per heavy atom. The molecule has 16 heteroatoms. The molecular formula is C38H51BrN4O11. The Hall–Kier alpha value is -4.99. The van der Waals surface area contributed by atoms with E-state index in [1.807, 2.05) is 0 Å². The van der Waals surface area contributed by atoms with Crippen molar-refractivity contribution in [2.45, 2.75) is 110 Å². The fourth-order valence-corrected chi connectivity index (χ4v) is 4.71. The van der Waals surface area contributed by atoms with Crippen molar-refractivity contribution < 1.29 is 52.6 Å². The van der Waals surface area contributed by atoms with Crippen LogP contribution in [-0.4, -0.2) is 88.8 Å². The molecule has 54 heavy (non-hydrogen) atoms. The van der Waals surface area contributed by atoms with E-state index >= 15 is 0 Å². The molecule has 3 N–H and O–H groups in total. The number of rotatable bonds is 14. The molecule has 2 aromatic carbocycles. The second-order valence-corrected chi connectivity index (χ2v) is 16.1. The standard InChI is InChI=1S/C38H51BrN4O11/c1-36(2,3)51-30(45)23-40-31(46)27(41-29(44)20-19-28(34(49)52-37(4,5)6)42-35(50)53-38(7,8)9)21-22-43(32(47)24-15-17-26(39)18-16-24)54-33(48)25-13-11-10-12-14-25/h10-18,27-28H,19-23H2,1-9H3,(H,40,46)(H,41,44)(H,42,50)/t27-,28-/m0/s1. The van der Waals surface area contributed by atoms with Crippen LogP contribution in [0.2, 0.25) is 0 Å². The number of hydrogen-bond donors (Lipinski definition) is 3. The number of halogens is 1. The van der Waals surface area contributed by atoms with Gasteiger partial charge in [-0.25, -0.2) is 14.4 Å². The number of alkyl carbamates (subject to hydrolysis) is 1. The van der Waals surface area contributed by atoms with Gasteiger partial charge in [-0.05, 0) is 112 Å². The molecule has 0 aliphatic heterocycles. The summed E-state index contributed by atoms with van der Waals surface area (Å²) in [4.78, 5) is 96.9. The lowest BCUT2D eigenvalue weighted by Crippen LogP contribution is -2.50. The molecule has 2 atom stereocenters. The molecule has 0 radical (unpaired) electrons. The summed E-state index contributed by atoms with van der Waals surface area (Å²) >= 11 is 3.32. The molecule has 2 rings (SSSR count). The van der Waals surface area contributed by atoms with E-state index in [1.54, 1.807) is 92.6 Å². The van der Waals surface area contributed by atoms with Gasteiger partial charge in [-0.3, -0.25) is 19.2 Å². The van der Waals surface area contributed by atoms with Gasteiger partial charge in [0, 0.05) is 16.5 Å². The summed E-state index contributed by atoms with van der Waals surface area (Å²) in [6, 6.07) is 11.5. The highest BCUT2D eigenvalue weighted by atomic mass is 79.9. The van der Waals surface area contributed by atoms with Crippen molar-refractivity contribution >= 4 is 57.7 Å². The number of benzene rings is 2. The second kappa shape index (κ2) is 19.9. The van der Waals surface area contributed by atoms with Crippen LogP contribution in [-0.2, 0) is 38.2 Å². The van der Waals surface area contributed by atoms with Crippen LogP contribution < -0.4 is 16.0 Å². The lowest BCUT2D eigenvalue weighted by Gasteiger charge is -2.26. The Balaban J connectivity index is 2.33. The Kier molecular flexibility index (Phi) is 16.6. The maximum absolute atomic E-state index is 13.6. The summed E-state index contributed by atoms with van der Waals surface area (Å²) < 4.78 is 16.7. The van der Waals surface area contributed by atoms with Crippen LogP contribution in [0.4, 0.5) is 4.79 Å². The first kappa shape index (κ1) is 45.2. The number of hydroxylamine groups is 2. The maximum Gasteiger partial charge on any atom is 0.408 e. The predicted octanol–water partition coefficient (Wildman–Crippen LogP) is 5.01. The van der Waals surface area contributed by atoms with Crippen LogP contribution in [0.5, 0.6) is 0 Å². The minimum Gasteiger partial charge on any atom is -0.459 e. The first-order chi connectivity index (χ1) is 24.9. The first-order valence-electron chi connectivity index (χ1n) is 17.3. The highest BCUT2D eigenvalue weighted by Crippen LogP contribution is 2.16. The number of esters is 2. The largest absolute Gasteiger partial charge is 0.459 e. The maximum atomic E-state index is 13.6. The zero-order valence-electron chi connectivity index (χ0n) is 32.2. The number of nitrogens with zero attached hydrogens (tertiary/aromatic N) is 1. The van der Waals surface area contributed by atoms with Gasteiger partial charge >= 0.3 is 24.0 Å². The topological polar surface area (TPSA) is 196 Å². The highest BCUT2D eigenvalue weighted by molar-refractivity contribution is 9.10. The molecule has 0 spiro atoms. The fourth-order valence-electron chi connectivity index (χ4n) is 4.44. The van der Waals surface area contributed by atoms with Gasteiger partial charge in [0.15, 0.2) is 0 Å². The molecule has 0 fully saturated rings. The number of ether oxygens (including phenoxy) is 3. The molecule has 0 saturated carbocycles. The molecule has 0 bridgehead atoms. The summed E-state index contributed by atoms with van der Waals surface area (Å²) in [5.74, 6) is -4.64. The van der Waals surface area contributed by atoms with Crippen molar-refractivity contribution in [3.8, 4) is 0 Å². The minimum absolute atomic E-state index is 0.158. The molecule has 15 nitrogen and oxygen atoms in total. The molecule has 0 heterocycles. The molecule has 4 amide bonds. The SMILES string of the molecule is CC(C)(C)OC(=O)CNC(=O)[C@H](CCN(OC(=O)c1ccccc1)C(=O)c1ccc(Br)cc1)NC(=O)CC[C@H](NC(=O)OC(C)(C)C)C(=O)OC(C)(C)C. The third-order valence-electron chi connectivity index (χ3n) is 6.66. The van der Waals surface area contributed by atoms with Gasteiger partial charge < -0.3 is 35.0 Å². The summed E-state index contributed by atoms with van der Waals surface area (Å²) in [7, 11) is 0. The van der Waals surface area contributed by atoms with E-state index in [0.29, 0.717) is 4.47 Å². The monoisotopic (exact) mass is 818 g/mol. The molecule has 0 saturated heterocycles. The molecule has 0 aliphatic rings. The lowest BCUT2D eigenvalue weighted by molar-refractivity contribution is -0.158. The van der Waals surface area contributed by atoms with Crippen molar-refractivity contribution in [1.29, 1.82) is 0 Å². The number of carbonyl (C=O) groups is 7. The van der Waals surface area contributed by atoms with E-state index in [9.17, 15) is 33.6 Å². The summed E-state index contributed by atoms with van der Waals surface area (Å²) in [6.45, 7) is 13.9. The average Bonchev–Trinajstić information content (AvgIpc) is 3.04. The van der Waals surface area contributed by atoms with Crippen LogP contribution in [0.25, 0.3) is 0 Å². The van der Waals surface area contributed by atoms with Crippen molar-refractivity contribution in [2.24, 2.45) is 0 Å². The van der Waals surface area contributed by atoms with E-state index in [1.165, 1.54) is 24.3 Å². The number of nitrogens with one attached hydrogen (secondary N) is 3. The molecule has 0 aliphatic carbocycles. The first-order valence-corrected chi connectivity index (χ1v) is 18.1. The van der Waals surface area contributed by atoms with Crippen LogP contribution in [0, 0.1) is 0 Å². The van der Waals surface area contributed by atoms with Crippen LogP contribution >= 0.6 is 15.9 Å². The zero-order chi connectivity index (χ0) is 40.9. The van der Waals surface area contributed by atoms with E-state index in [0.717, 1.165) is 5.06 Å². The van der Waals surface area contributed by atoms with Gasteiger partial charge in [-0.15, -0.1) is 0 Å². The quantitative estimate of drug-likeness (QED) is 0.132. The molecule has 0 aromatic heterocycles. The van der Waals surface area contributed by atoms with Gasteiger partial charge in [0.1, 0.15) is 35.4 Å². The van der Waals surface area contributed by atoms with Crippen molar-refractivity contribution in [3.63, 3.8) is 0 Å². The number of hydrogen-bond acceptors (Lipinski definition) is 11. The lowest BCUT2D eigenvalue weighted by atomic mass is 10.1. The normalized spacial score (nSPS) is 12.6. The van der Waals surface area contributed by atoms with Crippen molar-refractivity contribution in [1.82, 2.24) is 21.0 Å². The van der Waals surface area contributed by atoms with Crippen LogP contribution in [0.1, 0.15) is 102 Å². The molecule has 0 unspecified atom stereocenters. The molecular weight excluding hydrogens is 768 g/mol. The minimum atomic E-state index is -1.38. The predicted molar refractivity (Wildman–Crippen MR) is 201 cm³/mol. The van der Waals surface area contributed by atoms with E-state index < -0.39 is 77.2 Å². The Labute approximate surface area is 324 Å². The Morgan fingerprint density at radius 1 is 0.685 bits per heavy atom. The van der Waals surface area contributed by atoms with Crippen LogP contribution in [0.3, 0.4) is 0 Å². The second-order valence-electron chi connectivity index (χ2n) is 15.1. The van der Waals surface area contributed by atoms with Gasteiger partial charge in [-0.1, -0.05) is 34.1 Å². The summed E-state index contributed by atoms with van der Waals surface area (Å²) in [5, 5.41) is 8.22. The third-order valence-corrected chi connectivity index (χ3v) is 7.19. The average molecular weight is 820 g/mol. The smallest absolute Gasteiger partial charge is 0.408 e. The number of amides is 4. The van der Waals surface area contributed by atoms with Crippen molar-refractivity contribution in [3.05, 3.63) is 70.2 Å². The van der Waals surface area contributed by atoms with E-state index in [-0.39, 0.29) is 36.9 Å². The Morgan fingerprint density at radius 2 is 1.26 bits per heavy atom. The summed E-state index contributed by atoms with van der Waals surface area (Å²) in [5.41, 5.74) is -2.29. The fraction of sp³-hybridized carbons (Fsp3) is 0.500. The van der Waals surface area contributed by atoms with Crippen LogP contribution in [0.15, 0.2) is 59.1 Å². The molecule has 2 aromatic rings. The zero-order valence-corrected chi connectivity index (χ0v) is 33.8. The van der Waals surface area contributed by atoms with E-state index in [2.05, 4.69) is 31.9 Å². The van der Waals surface area contributed by atoms with Gasteiger partial charge in [0.25, 0.3) is 5.91 Å². The third kappa shape index (κ3) is 17.7. The van der Waals surface area contributed by atoms with Gasteiger partial charge in [-0.2, -0.15) is 5.06 Å². The highest BCUT2D eigenvalue weighted by Gasteiger charge is 2.31. The Bertz CT molecular complexity index is 1630. The number of carbonyl (C=O) groups excluding carboxylic acids is 7. The van der Waals surface area contributed by atoms with Gasteiger partial charge in [0.05, 0.1) is 12.1 Å². The van der Waals surface area contributed by atoms with E-state index in [4.69, 9.17) is 19.0 Å². The van der Waals surface area contributed by atoms with Gasteiger partial charge in [0.2, 0.25) is 11.8 Å². The molecule has 296 valence electrons. The summed E-state index contributed by atoms with van der Waals surface area (Å²) in [6.07, 6.45) is -1.81. The van der Waals surface area contributed by atoms with Crippen molar-refractivity contribution in [2.75, 3.05) is 13.1 Å².